The summed E-state index contributed by atoms with van der Waals surface area (Å²) in [6.45, 7) is 6.26. The van der Waals surface area contributed by atoms with Crippen molar-refractivity contribution in [2.24, 2.45) is 23.7 Å². The van der Waals surface area contributed by atoms with Crippen molar-refractivity contribution in [1.82, 2.24) is 5.32 Å². The van der Waals surface area contributed by atoms with Crippen LogP contribution in [0.3, 0.4) is 0 Å². The molecule has 18 heavy (non-hydrogen) atoms. The molecule has 2 atom stereocenters. The van der Waals surface area contributed by atoms with Crippen LogP contribution in [0.2, 0.25) is 0 Å². The van der Waals surface area contributed by atoms with Gasteiger partial charge in [0, 0.05) is 12.6 Å². The first-order valence-corrected chi connectivity index (χ1v) is 8.05. The van der Waals surface area contributed by atoms with Crippen molar-refractivity contribution in [3.63, 3.8) is 0 Å². The summed E-state index contributed by atoms with van der Waals surface area (Å²) in [5.41, 5.74) is 0. The molecule has 0 amide bonds. The molecule has 106 valence electrons. The molecular formula is C16H31NO. The van der Waals surface area contributed by atoms with Gasteiger partial charge >= 0.3 is 0 Å². The standard InChI is InChI=1S/C16H31NO/c1-12(2)13-6-8-16(9-7-13)17-10-14-4-3-5-15(14)11-18/h12-18H,3-11H2,1-2H3. The van der Waals surface area contributed by atoms with Gasteiger partial charge in [0.2, 0.25) is 0 Å². The largest absolute Gasteiger partial charge is 0.396 e. The first kappa shape index (κ1) is 14.3. The number of aliphatic hydroxyl groups is 1. The molecule has 2 aliphatic carbocycles. The van der Waals surface area contributed by atoms with E-state index in [1.54, 1.807) is 0 Å². The highest BCUT2D eigenvalue weighted by molar-refractivity contribution is 4.83. The fourth-order valence-electron chi connectivity index (χ4n) is 3.93. The summed E-state index contributed by atoms with van der Waals surface area (Å²) in [6.07, 6.45) is 9.41. The van der Waals surface area contributed by atoms with Crippen LogP contribution in [-0.2, 0) is 0 Å². The molecule has 0 heterocycles. The lowest BCUT2D eigenvalue weighted by atomic mass is 9.79. The van der Waals surface area contributed by atoms with Crippen LogP contribution < -0.4 is 5.32 Å². The van der Waals surface area contributed by atoms with E-state index < -0.39 is 0 Å². The van der Waals surface area contributed by atoms with E-state index in [2.05, 4.69) is 19.2 Å². The predicted molar refractivity (Wildman–Crippen MR) is 76.5 cm³/mol. The van der Waals surface area contributed by atoms with E-state index in [1.165, 1.54) is 44.9 Å². The zero-order valence-corrected chi connectivity index (χ0v) is 12.2. The minimum atomic E-state index is 0.395. The van der Waals surface area contributed by atoms with Crippen molar-refractivity contribution < 1.29 is 5.11 Å². The fourth-order valence-corrected chi connectivity index (χ4v) is 3.93. The lowest BCUT2D eigenvalue weighted by Crippen LogP contribution is -2.38. The molecule has 2 N–H and O–H groups in total. The van der Waals surface area contributed by atoms with Gasteiger partial charge in [-0.05, 0) is 68.7 Å². The van der Waals surface area contributed by atoms with E-state index in [-0.39, 0.29) is 0 Å². The maximum absolute atomic E-state index is 9.34. The lowest BCUT2D eigenvalue weighted by Gasteiger charge is -2.32. The second-order valence-corrected chi connectivity index (χ2v) is 6.90. The van der Waals surface area contributed by atoms with Gasteiger partial charge < -0.3 is 10.4 Å². The van der Waals surface area contributed by atoms with E-state index >= 15 is 0 Å². The summed E-state index contributed by atoms with van der Waals surface area (Å²) < 4.78 is 0. The van der Waals surface area contributed by atoms with E-state index in [4.69, 9.17) is 0 Å². The molecule has 2 rings (SSSR count). The third-order valence-electron chi connectivity index (χ3n) is 5.43. The smallest absolute Gasteiger partial charge is 0.0462 e. The Morgan fingerprint density at radius 1 is 1.00 bits per heavy atom. The summed E-state index contributed by atoms with van der Waals surface area (Å²) >= 11 is 0. The molecule has 2 fully saturated rings. The summed E-state index contributed by atoms with van der Waals surface area (Å²) in [4.78, 5) is 0. The molecule has 0 aliphatic heterocycles. The lowest BCUT2D eigenvalue weighted by molar-refractivity contribution is 0.182. The molecule has 0 radical (unpaired) electrons. The third kappa shape index (κ3) is 3.71. The number of rotatable bonds is 5. The Labute approximate surface area is 113 Å². The molecule has 0 aromatic heterocycles. The van der Waals surface area contributed by atoms with Crippen LogP contribution in [0, 0.1) is 23.7 Å². The van der Waals surface area contributed by atoms with Crippen molar-refractivity contribution in [2.45, 2.75) is 64.8 Å². The third-order valence-corrected chi connectivity index (χ3v) is 5.43. The Morgan fingerprint density at radius 2 is 1.67 bits per heavy atom. The summed E-state index contributed by atoms with van der Waals surface area (Å²) in [7, 11) is 0. The van der Waals surface area contributed by atoms with E-state index in [0.717, 1.165) is 30.3 Å². The quantitative estimate of drug-likeness (QED) is 0.788. The zero-order valence-electron chi connectivity index (χ0n) is 12.2. The molecular weight excluding hydrogens is 222 g/mol. The van der Waals surface area contributed by atoms with Crippen LogP contribution in [0.25, 0.3) is 0 Å². The normalized spacial score (nSPS) is 37.3. The van der Waals surface area contributed by atoms with Gasteiger partial charge in [-0.15, -0.1) is 0 Å². The summed E-state index contributed by atoms with van der Waals surface area (Å²) in [6, 6.07) is 0.750. The second-order valence-electron chi connectivity index (χ2n) is 6.90. The van der Waals surface area contributed by atoms with Crippen molar-refractivity contribution in [3.8, 4) is 0 Å². The number of hydrogen-bond acceptors (Lipinski definition) is 2. The Kier molecular flexibility index (Phi) is 5.50. The van der Waals surface area contributed by atoms with Crippen LogP contribution in [0.4, 0.5) is 0 Å². The number of aliphatic hydroxyl groups excluding tert-OH is 1. The second kappa shape index (κ2) is 6.91. The molecule has 0 aromatic rings. The highest BCUT2D eigenvalue weighted by Crippen LogP contribution is 2.32. The van der Waals surface area contributed by atoms with Gasteiger partial charge in [0.25, 0.3) is 0 Å². The van der Waals surface area contributed by atoms with Crippen LogP contribution in [0.15, 0.2) is 0 Å². The van der Waals surface area contributed by atoms with Gasteiger partial charge in [0.05, 0.1) is 0 Å². The molecule has 2 heteroatoms. The molecule has 2 saturated carbocycles. The van der Waals surface area contributed by atoms with E-state index in [1.807, 2.05) is 0 Å². The van der Waals surface area contributed by atoms with E-state index in [0.29, 0.717) is 12.5 Å². The van der Waals surface area contributed by atoms with Gasteiger partial charge in [-0.2, -0.15) is 0 Å². The SMILES string of the molecule is CC(C)C1CCC(NCC2CCCC2CO)CC1. The van der Waals surface area contributed by atoms with Gasteiger partial charge in [-0.3, -0.25) is 0 Å². The summed E-state index contributed by atoms with van der Waals surface area (Å²) in [5, 5.41) is 13.1. The number of nitrogens with one attached hydrogen (secondary N) is 1. The molecule has 2 nitrogen and oxygen atoms in total. The van der Waals surface area contributed by atoms with Crippen LogP contribution >= 0.6 is 0 Å². The van der Waals surface area contributed by atoms with Crippen LogP contribution in [-0.4, -0.2) is 24.3 Å². The molecule has 0 aromatic carbocycles. The first-order chi connectivity index (χ1) is 8.70. The number of hydrogen-bond donors (Lipinski definition) is 2. The average molecular weight is 253 g/mol. The maximum atomic E-state index is 9.34. The van der Waals surface area contributed by atoms with Crippen LogP contribution in [0.5, 0.6) is 0 Å². The molecule has 0 spiro atoms. The highest BCUT2D eigenvalue weighted by Gasteiger charge is 2.28. The topological polar surface area (TPSA) is 32.3 Å². The Hall–Kier alpha value is -0.0800. The van der Waals surface area contributed by atoms with Gasteiger partial charge in [0.1, 0.15) is 0 Å². The monoisotopic (exact) mass is 253 g/mol. The van der Waals surface area contributed by atoms with Crippen molar-refractivity contribution in [3.05, 3.63) is 0 Å². The predicted octanol–water partition coefficient (Wildman–Crippen LogP) is 3.20. The van der Waals surface area contributed by atoms with Crippen molar-refractivity contribution in [2.75, 3.05) is 13.2 Å². The highest BCUT2D eigenvalue weighted by atomic mass is 16.3. The summed E-state index contributed by atoms with van der Waals surface area (Å²) in [5.74, 6) is 3.13. The average Bonchev–Trinajstić information content (AvgIpc) is 2.84. The van der Waals surface area contributed by atoms with Crippen molar-refractivity contribution in [1.29, 1.82) is 0 Å². The van der Waals surface area contributed by atoms with Gasteiger partial charge in [-0.1, -0.05) is 20.3 Å². The zero-order chi connectivity index (χ0) is 13.0. The van der Waals surface area contributed by atoms with Gasteiger partial charge in [-0.25, -0.2) is 0 Å². The Bertz CT molecular complexity index is 233. The van der Waals surface area contributed by atoms with Crippen LogP contribution in [0.1, 0.15) is 58.8 Å². The first-order valence-electron chi connectivity index (χ1n) is 8.05. The molecule has 0 bridgehead atoms. The van der Waals surface area contributed by atoms with Gasteiger partial charge in [0.15, 0.2) is 0 Å². The molecule has 2 aliphatic rings. The fraction of sp³-hybridized carbons (Fsp3) is 1.00. The molecule has 0 saturated heterocycles. The minimum Gasteiger partial charge on any atom is -0.396 e. The van der Waals surface area contributed by atoms with Crippen molar-refractivity contribution >= 4 is 0 Å². The Balaban J connectivity index is 1.66. The maximum Gasteiger partial charge on any atom is 0.0462 e. The minimum absolute atomic E-state index is 0.395. The molecule has 2 unspecified atom stereocenters. The Morgan fingerprint density at radius 3 is 2.28 bits per heavy atom. The van der Waals surface area contributed by atoms with E-state index in [9.17, 15) is 5.11 Å².